The van der Waals surface area contributed by atoms with E-state index in [4.69, 9.17) is 0 Å². The van der Waals surface area contributed by atoms with Crippen LogP contribution in [-0.2, 0) is 14.8 Å². The number of anilines is 2. The first-order valence-corrected chi connectivity index (χ1v) is 10.4. The van der Waals surface area contributed by atoms with E-state index >= 15 is 0 Å². The molecule has 7 heteroatoms. The molecule has 0 spiro atoms. The van der Waals surface area contributed by atoms with Gasteiger partial charge in [0.15, 0.2) is 0 Å². The number of hydrogen-bond donors (Lipinski definition) is 1. The molecule has 25 heavy (non-hydrogen) atoms. The van der Waals surface area contributed by atoms with Crippen LogP contribution >= 0.6 is 11.8 Å². The van der Waals surface area contributed by atoms with Crippen LogP contribution in [0.15, 0.2) is 58.3 Å². The van der Waals surface area contributed by atoms with Crippen LogP contribution in [0, 0.1) is 0 Å². The van der Waals surface area contributed by atoms with Gasteiger partial charge < -0.3 is 5.32 Å². The maximum absolute atomic E-state index is 13.1. The molecule has 2 aromatic rings. The molecule has 132 valence electrons. The van der Waals surface area contributed by atoms with Crippen LogP contribution in [0.5, 0.6) is 0 Å². The summed E-state index contributed by atoms with van der Waals surface area (Å²) in [5.74, 6) is -0.0938. The molecule has 0 radical (unpaired) electrons. The Bertz CT molecular complexity index is 882. The van der Waals surface area contributed by atoms with Gasteiger partial charge in [-0.05, 0) is 37.3 Å². The fourth-order valence-electron chi connectivity index (χ4n) is 2.80. The summed E-state index contributed by atoms with van der Waals surface area (Å²) in [5, 5.41) is 2.97. The number of sulfonamides is 1. The zero-order valence-electron chi connectivity index (χ0n) is 14.1. The van der Waals surface area contributed by atoms with Crippen LogP contribution in [0.3, 0.4) is 0 Å². The van der Waals surface area contributed by atoms with Gasteiger partial charge in [-0.2, -0.15) is 0 Å². The third kappa shape index (κ3) is 3.67. The van der Waals surface area contributed by atoms with Gasteiger partial charge in [0, 0.05) is 23.1 Å². The summed E-state index contributed by atoms with van der Waals surface area (Å²) in [6, 6.07) is 13.9. The molecule has 0 aliphatic carbocycles. The van der Waals surface area contributed by atoms with Crippen molar-refractivity contribution in [2.75, 3.05) is 16.2 Å². The minimum atomic E-state index is -3.71. The summed E-state index contributed by atoms with van der Waals surface area (Å²) in [6.07, 6.45) is 0.409. The molecule has 1 heterocycles. The number of thioether (sulfide) groups is 1. The van der Waals surface area contributed by atoms with E-state index in [9.17, 15) is 13.2 Å². The van der Waals surface area contributed by atoms with Gasteiger partial charge in [-0.15, -0.1) is 11.8 Å². The number of amides is 1. The zero-order chi connectivity index (χ0) is 18.0. The molecule has 1 amide bonds. The monoisotopic (exact) mass is 376 g/mol. The highest BCUT2D eigenvalue weighted by atomic mass is 32.2. The van der Waals surface area contributed by atoms with Gasteiger partial charge in [-0.1, -0.05) is 25.1 Å². The Morgan fingerprint density at radius 1 is 1.20 bits per heavy atom. The fourth-order valence-corrected chi connectivity index (χ4v) is 5.36. The Labute approximate surface area is 152 Å². The van der Waals surface area contributed by atoms with Gasteiger partial charge in [0.05, 0.1) is 16.3 Å². The standard InChI is InChI=1S/C18H20N2O3S2/c1-3-20(14-7-5-4-6-8-14)25(22,23)15-9-10-17-16(12-15)19-18(21)11-13(2)24-17/h4-10,12-13H,3,11H2,1-2H3,(H,19,21)/t13-/m0/s1. The summed E-state index contributed by atoms with van der Waals surface area (Å²) >= 11 is 1.57. The van der Waals surface area contributed by atoms with Crippen molar-refractivity contribution in [3.05, 3.63) is 48.5 Å². The van der Waals surface area contributed by atoms with Crippen molar-refractivity contribution in [3.8, 4) is 0 Å². The summed E-state index contributed by atoms with van der Waals surface area (Å²) in [5.41, 5.74) is 1.18. The average Bonchev–Trinajstić information content (AvgIpc) is 2.71. The summed E-state index contributed by atoms with van der Waals surface area (Å²) in [7, 11) is -3.71. The number of nitrogens with zero attached hydrogens (tertiary/aromatic N) is 1. The number of para-hydroxylation sites is 1. The van der Waals surface area contributed by atoms with Gasteiger partial charge in [0.1, 0.15) is 0 Å². The van der Waals surface area contributed by atoms with E-state index in [1.165, 1.54) is 4.31 Å². The van der Waals surface area contributed by atoms with Crippen molar-refractivity contribution in [3.63, 3.8) is 0 Å². The lowest BCUT2D eigenvalue weighted by Crippen LogP contribution is -2.30. The van der Waals surface area contributed by atoms with Crippen LogP contribution in [-0.4, -0.2) is 26.1 Å². The molecule has 2 aromatic carbocycles. The lowest BCUT2D eigenvalue weighted by molar-refractivity contribution is -0.116. The normalized spacial score (nSPS) is 17.4. The predicted molar refractivity (Wildman–Crippen MR) is 102 cm³/mol. The van der Waals surface area contributed by atoms with E-state index in [1.54, 1.807) is 49.0 Å². The second-order valence-electron chi connectivity index (χ2n) is 5.84. The minimum absolute atomic E-state index is 0.0938. The second-order valence-corrected chi connectivity index (χ2v) is 9.19. The van der Waals surface area contributed by atoms with Crippen LogP contribution in [0.1, 0.15) is 20.3 Å². The molecule has 1 atom stereocenters. The molecule has 0 saturated heterocycles. The van der Waals surface area contributed by atoms with E-state index in [-0.39, 0.29) is 16.1 Å². The molecule has 0 bridgehead atoms. The van der Waals surface area contributed by atoms with Gasteiger partial charge in [0.25, 0.3) is 10.0 Å². The van der Waals surface area contributed by atoms with Crippen LogP contribution < -0.4 is 9.62 Å². The van der Waals surface area contributed by atoms with Crippen molar-refractivity contribution in [2.45, 2.75) is 35.3 Å². The Morgan fingerprint density at radius 2 is 1.92 bits per heavy atom. The van der Waals surface area contributed by atoms with E-state index in [2.05, 4.69) is 5.32 Å². The lowest BCUT2D eigenvalue weighted by atomic mass is 10.3. The minimum Gasteiger partial charge on any atom is -0.325 e. The molecule has 1 N–H and O–H groups in total. The molecule has 0 aromatic heterocycles. The predicted octanol–water partition coefficient (Wildman–Crippen LogP) is 3.72. The smallest absolute Gasteiger partial charge is 0.264 e. The Morgan fingerprint density at radius 3 is 2.60 bits per heavy atom. The van der Waals surface area contributed by atoms with Crippen LogP contribution in [0.25, 0.3) is 0 Å². The summed E-state index contributed by atoms with van der Waals surface area (Å²) < 4.78 is 27.5. The van der Waals surface area contributed by atoms with Gasteiger partial charge >= 0.3 is 0 Å². The zero-order valence-corrected chi connectivity index (χ0v) is 15.7. The number of benzene rings is 2. The first kappa shape index (κ1) is 17.8. The third-order valence-corrected chi connectivity index (χ3v) is 7.02. The third-order valence-electron chi connectivity index (χ3n) is 3.95. The van der Waals surface area contributed by atoms with E-state index in [0.29, 0.717) is 24.3 Å². The van der Waals surface area contributed by atoms with Gasteiger partial charge in [-0.3, -0.25) is 9.10 Å². The number of hydrogen-bond acceptors (Lipinski definition) is 4. The van der Waals surface area contributed by atoms with Gasteiger partial charge in [-0.25, -0.2) is 8.42 Å². The number of nitrogens with one attached hydrogen (secondary N) is 1. The Hall–Kier alpha value is -1.99. The molecule has 0 unspecified atom stereocenters. The summed E-state index contributed by atoms with van der Waals surface area (Å²) in [4.78, 5) is 13.0. The topological polar surface area (TPSA) is 66.5 Å². The van der Waals surface area contributed by atoms with Crippen LogP contribution in [0.4, 0.5) is 11.4 Å². The molecular formula is C18H20N2O3S2. The quantitative estimate of drug-likeness (QED) is 0.883. The van der Waals surface area contributed by atoms with Crippen molar-refractivity contribution in [2.24, 2.45) is 0 Å². The maximum Gasteiger partial charge on any atom is 0.264 e. The number of fused-ring (bicyclic) bond motifs is 1. The average molecular weight is 377 g/mol. The SMILES string of the molecule is CCN(c1ccccc1)S(=O)(=O)c1ccc2c(c1)NC(=O)C[C@H](C)S2. The van der Waals surface area contributed by atoms with E-state index in [1.807, 2.05) is 25.1 Å². The molecule has 1 aliphatic rings. The van der Waals surface area contributed by atoms with Crippen molar-refractivity contribution in [1.29, 1.82) is 0 Å². The second kappa shape index (κ2) is 7.09. The molecule has 0 saturated carbocycles. The number of rotatable bonds is 4. The lowest BCUT2D eigenvalue weighted by Gasteiger charge is -2.23. The molecular weight excluding hydrogens is 356 g/mol. The first-order valence-electron chi connectivity index (χ1n) is 8.10. The highest BCUT2D eigenvalue weighted by Crippen LogP contribution is 2.37. The first-order chi connectivity index (χ1) is 11.9. The number of carbonyl (C=O) groups excluding carboxylic acids is 1. The molecule has 5 nitrogen and oxygen atoms in total. The number of carbonyl (C=O) groups is 1. The van der Waals surface area contributed by atoms with Crippen molar-refractivity contribution < 1.29 is 13.2 Å². The van der Waals surface area contributed by atoms with Gasteiger partial charge in [0.2, 0.25) is 5.91 Å². The molecule has 3 rings (SSSR count). The largest absolute Gasteiger partial charge is 0.325 e. The highest BCUT2D eigenvalue weighted by molar-refractivity contribution is 8.00. The Balaban J connectivity index is 2.02. The maximum atomic E-state index is 13.1. The molecule has 0 fully saturated rings. The van der Waals surface area contributed by atoms with E-state index < -0.39 is 10.0 Å². The van der Waals surface area contributed by atoms with Crippen molar-refractivity contribution in [1.82, 2.24) is 0 Å². The van der Waals surface area contributed by atoms with E-state index in [0.717, 1.165) is 4.90 Å². The highest BCUT2D eigenvalue weighted by Gasteiger charge is 2.26. The Kier molecular flexibility index (Phi) is 5.06. The fraction of sp³-hybridized carbons (Fsp3) is 0.278. The summed E-state index contributed by atoms with van der Waals surface area (Å²) in [6.45, 7) is 4.10. The molecule has 1 aliphatic heterocycles. The van der Waals surface area contributed by atoms with Crippen LogP contribution in [0.2, 0.25) is 0 Å². The van der Waals surface area contributed by atoms with Crippen molar-refractivity contribution >= 4 is 39.1 Å².